The second-order valence-electron chi connectivity index (χ2n) is 6.77. The van der Waals surface area contributed by atoms with Crippen LogP contribution in [0.2, 0.25) is 0 Å². The molecule has 0 saturated carbocycles. The molecule has 0 bridgehead atoms. The Morgan fingerprint density at radius 1 is 1.31 bits per heavy atom. The van der Waals surface area contributed by atoms with Gasteiger partial charge in [0, 0.05) is 33.2 Å². The second kappa shape index (κ2) is 8.80. The quantitative estimate of drug-likeness (QED) is 0.496. The van der Waals surface area contributed by atoms with Gasteiger partial charge < -0.3 is 15.0 Å². The molecule has 0 aliphatic carbocycles. The van der Waals surface area contributed by atoms with Crippen LogP contribution in [-0.4, -0.2) is 57.0 Å². The highest BCUT2D eigenvalue weighted by atomic mass is 19.4. The molecule has 32 heavy (non-hydrogen) atoms. The Bertz CT molecular complexity index is 1270. The highest BCUT2D eigenvalue weighted by molar-refractivity contribution is 5.76. The van der Waals surface area contributed by atoms with Crippen molar-refractivity contribution in [1.29, 1.82) is 0 Å². The fraction of sp³-hybridized carbons (Fsp3) is 0.474. The number of esters is 1. The van der Waals surface area contributed by atoms with Gasteiger partial charge in [0.05, 0.1) is 6.54 Å². The number of carbonyl (C=O) groups excluding carboxylic acids is 1. The zero-order valence-electron chi connectivity index (χ0n) is 17.2. The minimum Gasteiger partial charge on any atom is -0.423 e. The maximum Gasteiger partial charge on any atom is 0.491 e. The number of terminal acetylenes is 1. The molecule has 3 rings (SSSR count). The zero-order valence-corrected chi connectivity index (χ0v) is 17.2. The minimum atomic E-state index is -5.36. The largest absolute Gasteiger partial charge is 0.491 e. The summed E-state index contributed by atoms with van der Waals surface area (Å²) >= 11 is 0. The van der Waals surface area contributed by atoms with E-state index in [1.807, 2.05) is 4.90 Å². The molecule has 0 spiro atoms. The number of fused-ring (bicyclic) bond motifs is 1. The number of alkyl halides is 3. The number of carbonyl (C=O) groups is 1. The van der Waals surface area contributed by atoms with Gasteiger partial charge in [0.25, 0.3) is 5.56 Å². The van der Waals surface area contributed by atoms with Crippen LogP contribution in [-0.2, 0) is 23.1 Å². The SMILES string of the molecule is C#CC(OC(=O)C(F)(F)F)n1c(=O)c2c(nc(N3CCNCC3)n2CC#CC)n(C)c1=O. The van der Waals surface area contributed by atoms with E-state index in [0.717, 1.165) is 4.57 Å². The summed E-state index contributed by atoms with van der Waals surface area (Å²) in [6, 6.07) is 0. The number of aromatic nitrogens is 4. The first kappa shape index (κ1) is 23.0. The van der Waals surface area contributed by atoms with Gasteiger partial charge in [-0.1, -0.05) is 5.92 Å². The Morgan fingerprint density at radius 3 is 2.53 bits per heavy atom. The molecule has 2 aromatic rings. The van der Waals surface area contributed by atoms with E-state index in [0.29, 0.717) is 32.1 Å². The number of rotatable bonds is 4. The number of imidazole rings is 1. The monoisotopic (exact) mass is 452 g/mol. The molecule has 1 saturated heterocycles. The number of aryl methyl sites for hydroxylation is 1. The Kier molecular flexibility index (Phi) is 6.32. The van der Waals surface area contributed by atoms with Gasteiger partial charge in [0.15, 0.2) is 11.2 Å². The molecule has 170 valence electrons. The summed E-state index contributed by atoms with van der Waals surface area (Å²) in [4.78, 5) is 43.7. The second-order valence-corrected chi connectivity index (χ2v) is 6.77. The van der Waals surface area contributed by atoms with Crippen molar-refractivity contribution in [2.45, 2.75) is 25.9 Å². The van der Waals surface area contributed by atoms with Crippen molar-refractivity contribution in [3.8, 4) is 24.2 Å². The first-order valence-corrected chi connectivity index (χ1v) is 9.42. The Morgan fingerprint density at radius 2 is 1.97 bits per heavy atom. The van der Waals surface area contributed by atoms with Crippen LogP contribution in [0, 0.1) is 24.2 Å². The first-order valence-electron chi connectivity index (χ1n) is 9.42. The minimum absolute atomic E-state index is 0.000560. The highest BCUT2D eigenvalue weighted by Crippen LogP contribution is 2.22. The Hall–Kier alpha value is -3.71. The third-order valence-corrected chi connectivity index (χ3v) is 4.80. The van der Waals surface area contributed by atoms with Gasteiger partial charge in [-0.15, -0.1) is 12.3 Å². The van der Waals surface area contributed by atoms with Crippen LogP contribution in [0.25, 0.3) is 11.2 Å². The van der Waals surface area contributed by atoms with Gasteiger partial charge in [0.1, 0.15) is 0 Å². The van der Waals surface area contributed by atoms with Crippen molar-refractivity contribution in [3.05, 3.63) is 20.8 Å². The summed E-state index contributed by atoms with van der Waals surface area (Å²) < 4.78 is 44.9. The zero-order chi connectivity index (χ0) is 23.6. The summed E-state index contributed by atoms with van der Waals surface area (Å²) in [6.07, 6.45) is -2.36. The summed E-state index contributed by atoms with van der Waals surface area (Å²) in [5.74, 6) is 5.03. The highest BCUT2D eigenvalue weighted by Gasteiger charge is 2.43. The van der Waals surface area contributed by atoms with E-state index in [9.17, 15) is 27.6 Å². The lowest BCUT2D eigenvalue weighted by molar-refractivity contribution is -0.206. The molecule has 13 heteroatoms. The van der Waals surface area contributed by atoms with Crippen LogP contribution in [0.5, 0.6) is 0 Å². The normalized spacial score (nSPS) is 15.1. The fourth-order valence-electron chi connectivity index (χ4n) is 3.28. The molecule has 0 aromatic carbocycles. The van der Waals surface area contributed by atoms with E-state index < -0.39 is 29.6 Å². The van der Waals surface area contributed by atoms with E-state index >= 15 is 0 Å². The van der Waals surface area contributed by atoms with Crippen molar-refractivity contribution < 1.29 is 22.7 Å². The van der Waals surface area contributed by atoms with Crippen molar-refractivity contribution >= 4 is 23.1 Å². The maximum absolute atomic E-state index is 13.3. The third-order valence-electron chi connectivity index (χ3n) is 4.80. The lowest BCUT2D eigenvalue weighted by atomic mass is 10.4. The molecule has 3 heterocycles. The fourth-order valence-corrected chi connectivity index (χ4v) is 3.28. The van der Waals surface area contributed by atoms with Crippen molar-refractivity contribution in [2.24, 2.45) is 7.05 Å². The summed E-state index contributed by atoms with van der Waals surface area (Å²) in [6.45, 7) is 4.10. The smallest absolute Gasteiger partial charge is 0.423 e. The molecule has 1 N–H and O–H groups in total. The molecular weight excluding hydrogens is 433 g/mol. The maximum atomic E-state index is 13.3. The van der Waals surface area contributed by atoms with Gasteiger partial charge >= 0.3 is 17.8 Å². The number of nitrogens with one attached hydrogen (secondary N) is 1. The first-order chi connectivity index (χ1) is 15.1. The average molecular weight is 452 g/mol. The molecule has 1 unspecified atom stereocenters. The molecule has 0 radical (unpaired) electrons. The molecule has 1 atom stereocenters. The Labute approximate surface area is 179 Å². The number of ether oxygens (including phenoxy) is 1. The molecule has 2 aromatic heterocycles. The molecule has 0 amide bonds. The van der Waals surface area contributed by atoms with Gasteiger partial charge in [-0.3, -0.25) is 13.9 Å². The van der Waals surface area contributed by atoms with Crippen LogP contribution in [0.15, 0.2) is 9.59 Å². The van der Waals surface area contributed by atoms with Crippen molar-refractivity contribution in [2.75, 3.05) is 31.1 Å². The number of anilines is 1. The number of piperazine rings is 1. The molecule has 1 aliphatic heterocycles. The van der Waals surface area contributed by atoms with Crippen LogP contribution < -0.4 is 21.5 Å². The molecule has 1 aliphatic rings. The lowest BCUT2D eigenvalue weighted by Gasteiger charge is -2.28. The van der Waals surface area contributed by atoms with Gasteiger partial charge in [0.2, 0.25) is 12.2 Å². The molecule has 1 fully saturated rings. The number of nitrogens with zero attached hydrogens (tertiary/aromatic N) is 5. The van der Waals surface area contributed by atoms with Gasteiger partial charge in [-0.25, -0.2) is 14.2 Å². The van der Waals surface area contributed by atoms with E-state index in [1.54, 1.807) is 12.8 Å². The predicted molar refractivity (Wildman–Crippen MR) is 108 cm³/mol. The van der Waals surface area contributed by atoms with E-state index in [-0.39, 0.29) is 22.3 Å². The van der Waals surface area contributed by atoms with Crippen LogP contribution >= 0.6 is 0 Å². The van der Waals surface area contributed by atoms with Crippen LogP contribution in [0.1, 0.15) is 13.2 Å². The topological polar surface area (TPSA) is 103 Å². The van der Waals surface area contributed by atoms with Crippen molar-refractivity contribution in [3.63, 3.8) is 0 Å². The van der Waals surface area contributed by atoms with Crippen LogP contribution in [0.3, 0.4) is 0 Å². The van der Waals surface area contributed by atoms with E-state index in [2.05, 4.69) is 26.9 Å². The van der Waals surface area contributed by atoms with E-state index in [4.69, 9.17) is 6.42 Å². The summed E-state index contributed by atoms with van der Waals surface area (Å²) in [7, 11) is 1.28. The number of hydrogen-bond acceptors (Lipinski definition) is 7. The van der Waals surface area contributed by atoms with Gasteiger partial charge in [-0.05, 0) is 12.8 Å². The molecule has 10 nitrogen and oxygen atoms in total. The standard InChI is InChI=1S/C19H19F3N6O4/c1-4-6-9-27-13-14(24-17(27)26-10-7-23-8-11-26)25(3)18(31)28(15(13)29)12(5-2)32-16(30)19(20,21)22/h2,12,23H,7-11H2,1,3H3. The molecular formula is C19H19F3N6O4. The average Bonchev–Trinajstić information content (AvgIpc) is 3.15. The number of hydrogen-bond donors (Lipinski definition) is 1. The number of halogens is 3. The van der Waals surface area contributed by atoms with Crippen LogP contribution in [0.4, 0.5) is 19.1 Å². The van der Waals surface area contributed by atoms with Crippen molar-refractivity contribution in [1.82, 2.24) is 24.0 Å². The third kappa shape index (κ3) is 4.07. The van der Waals surface area contributed by atoms with E-state index in [1.165, 1.54) is 11.6 Å². The summed E-state index contributed by atoms with van der Waals surface area (Å²) in [5.41, 5.74) is -2.24. The van der Waals surface area contributed by atoms with Gasteiger partial charge in [-0.2, -0.15) is 18.2 Å². The predicted octanol–water partition coefficient (Wildman–Crippen LogP) is -0.433. The summed E-state index contributed by atoms with van der Waals surface area (Å²) in [5, 5.41) is 3.18. The Balaban J connectivity index is 2.27. The lowest BCUT2D eigenvalue weighted by Crippen LogP contribution is -2.45.